The van der Waals surface area contributed by atoms with Gasteiger partial charge >= 0.3 is 0 Å². The van der Waals surface area contributed by atoms with Gasteiger partial charge in [-0.25, -0.2) is 0 Å². The molecular weight excluding hydrogens is 226 g/mol. The van der Waals surface area contributed by atoms with E-state index in [2.05, 4.69) is 6.07 Å². The van der Waals surface area contributed by atoms with E-state index in [4.69, 9.17) is 15.2 Å². The van der Waals surface area contributed by atoms with Crippen molar-refractivity contribution in [3.05, 3.63) is 59.7 Å². The molecule has 0 heterocycles. The molecule has 0 aromatic heterocycles. The highest BCUT2D eigenvalue weighted by Crippen LogP contribution is 2.20. The third kappa shape index (κ3) is 3.25. The molecule has 0 bridgehead atoms. The third-order valence-corrected chi connectivity index (χ3v) is 2.67. The van der Waals surface area contributed by atoms with Crippen LogP contribution in [0.15, 0.2) is 48.5 Å². The van der Waals surface area contributed by atoms with E-state index in [1.165, 1.54) is 0 Å². The van der Waals surface area contributed by atoms with Gasteiger partial charge in [0.2, 0.25) is 0 Å². The number of rotatable bonds is 5. The molecule has 0 radical (unpaired) electrons. The molecule has 0 aliphatic rings. The number of benzene rings is 2. The van der Waals surface area contributed by atoms with Crippen LogP contribution in [0.2, 0.25) is 0 Å². The van der Waals surface area contributed by atoms with Crippen molar-refractivity contribution in [2.75, 3.05) is 7.11 Å². The number of hydrogen-bond donors (Lipinski definition) is 1. The molecule has 2 rings (SSSR count). The second-order valence-electron chi connectivity index (χ2n) is 3.99. The van der Waals surface area contributed by atoms with Crippen LogP contribution < -0.4 is 15.2 Å². The number of ether oxygens (including phenoxy) is 2. The first-order valence-electron chi connectivity index (χ1n) is 5.86. The fourth-order valence-electron chi connectivity index (χ4n) is 1.70. The van der Waals surface area contributed by atoms with Crippen molar-refractivity contribution in [3.8, 4) is 11.5 Å². The third-order valence-electron chi connectivity index (χ3n) is 2.67. The molecule has 0 fully saturated rings. The molecule has 3 heteroatoms. The first kappa shape index (κ1) is 12.5. The van der Waals surface area contributed by atoms with Gasteiger partial charge in [-0.3, -0.25) is 0 Å². The predicted octanol–water partition coefficient (Wildman–Crippen LogP) is 2.73. The SMILES string of the molecule is COc1cccc(OCc2cccc(CN)c2)c1. The first-order chi connectivity index (χ1) is 8.81. The molecule has 0 amide bonds. The van der Waals surface area contributed by atoms with Crippen molar-refractivity contribution in [3.63, 3.8) is 0 Å². The van der Waals surface area contributed by atoms with Crippen molar-refractivity contribution < 1.29 is 9.47 Å². The Bertz CT molecular complexity index is 464. The van der Waals surface area contributed by atoms with Gasteiger partial charge in [0.25, 0.3) is 0 Å². The van der Waals surface area contributed by atoms with Gasteiger partial charge in [-0.2, -0.15) is 0 Å². The van der Waals surface area contributed by atoms with Crippen LogP contribution in [0.25, 0.3) is 0 Å². The van der Waals surface area contributed by atoms with E-state index in [1.54, 1.807) is 7.11 Å². The summed E-state index contributed by atoms with van der Waals surface area (Å²) in [5, 5.41) is 0. The molecular formula is C15H17NO2. The highest BCUT2D eigenvalue weighted by atomic mass is 16.5. The molecule has 0 aliphatic heterocycles. The molecule has 0 unspecified atom stereocenters. The second-order valence-corrected chi connectivity index (χ2v) is 3.99. The molecule has 0 atom stereocenters. The first-order valence-corrected chi connectivity index (χ1v) is 5.86. The summed E-state index contributed by atoms with van der Waals surface area (Å²) in [6.07, 6.45) is 0. The summed E-state index contributed by atoms with van der Waals surface area (Å²) in [7, 11) is 1.64. The molecule has 0 aliphatic carbocycles. The maximum atomic E-state index is 5.71. The Morgan fingerprint density at radius 3 is 2.44 bits per heavy atom. The van der Waals surface area contributed by atoms with Crippen LogP contribution in [0.4, 0.5) is 0 Å². The van der Waals surface area contributed by atoms with Crippen molar-refractivity contribution >= 4 is 0 Å². The minimum Gasteiger partial charge on any atom is -0.497 e. The van der Waals surface area contributed by atoms with E-state index in [0.717, 1.165) is 22.6 Å². The Hall–Kier alpha value is -2.00. The lowest BCUT2D eigenvalue weighted by Gasteiger charge is -2.08. The highest BCUT2D eigenvalue weighted by Gasteiger charge is 1.99. The molecule has 18 heavy (non-hydrogen) atoms. The van der Waals surface area contributed by atoms with Gasteiger partial charge in [-0.05, 0) is 23.3 Å². The molecule has 2 aromatic rings. The zero-order chi connectivity index (χ0) is 12.8. The number of nitrogens with two attached hydrogens (primary N) is 1. The van der Waals surface area contributed by atoms with Gasteiger partial charge in [0.1, 0.15) is 18.1 Å². The standard InChI is InChI=1S/C15H17NO2/c1-17-14-6-3-7-15(9-14)18-11-13-5-2-4-12(8-13)10-16/h2-9H,10-11,16H2,1H3. The lowest BCUT2D eigenvalue weighted by Crippen LogP contribution is -2.00. The Labute approximate surface area is 107 Å². The summed E-state index contributed by atoms with van der Waals surface area (Å²) in [6.45, 7) is 1.08. The van der Waals surface area contributed by atoms with Crippen LogP contribution in [0.5, 0.6) is 11.5 Å². The molecule has 0 spiro atoms. The van der Waals surface area contributed by atoms with Crippen LogP contribution >= 0.6 is 0 Å². The van der Waals surface area contributed by atoms with Gasteiger partial charge in [-0.15, -0.1) is 0 Å². The summed E-state index contributed by atoms with van der Waals surface area (Å²) in [5.74, 6) is 1.59. The van der Waals surface area contributed by atoms with Crippen LogP contribution in [0, 0.1) is 0 Å². The largest absolute Gasteiger partial charge is 0.497 e. The van der Waals surface area contributed by atoms with E-state index in [0.29, 0.717) is 13.2 Å². The summed E-state index contributed by atoms with van der Waals surface area (Å²) in [5.41, 5.74) is 7.83. The van der Waals surface area contributed by atoms with E-state index in [9.17, 15) is 0 Å². The maximum Gasteiger partial charge on any atom is 0.123 e. The molecule has 3 nitrogen and oxygen atoms in total. The van der Waals surface area contributed by atoms with Gasteiger partial charge < -0.3 is 15.2 Å². The summed E-state index contributed by atoms with van der Waals surface area (Å²) in [4.78, 5) is 0. The normalized spacial score (nSPS) is 10.1. The molecule has 0 saturated heterocycles. The average molecular weight is 243 g/mol. The minimum atomic E-state index is 0.529. The van der Waals surface area contributed by atoms with Crippen molar-refractivity contribution in [1.82, 2.24) is 0 Å². The number of hydrogen-bond acceptors (Lipinski definition) is 3. The van der Waals surface area contributed by atoms with Crippen LogP contribution in [-0.2, 0) is 13.2 Å². The van der Waals surface area contributed by atoms with E-state index < -0.39 is 0 Å². The molecule has 0 saturated carbocycles. The Morgan fingerprint density at radius 1 is 0.944 bits per heavy atom. The lowest BCUT2D eigenvalue weighted by atomic mass is 10.1. The van der Waals surface area contributed by atoms with E-state index in [-0.39, 0.29) is 0 Å². The average Bonchev–Trinajstić information content (AvgIpc) is 2.45. The summed E-state index contributed by atoms with van der Waals surface area (Å²) in [6, 6.07) is 15.7. The summed E-state index contributed by atoms with van der Waals surface area (Å²) < 4.78 is 10.9. The topological polar surface area (TPSA) is 44.5 Å². The predicted molar refractivity (Wildman–Crippen MR) is 71.7 cm³/mol. The quantitative estimate of drug-likeness (QED) is 0.878. The number of methoxy groups -OCH3 is 1. The van der Waals surface area contributed by atoms with Crippen LogP contribution in [0.3, 0.4) is 0 Å². The van der Waals surface area contributed by atoms with E-state index in [1.807, 2.05) is 42.5 Å². The maximum absolute atomic E-state index is 5.71. The highest BCUT2D eigenvalue weighted by molar-refractivity contribution is 5.33. The molecule has 94 valence electrons. The smallest absolute Gasteiger partial charge is 0.123 e. The zero-order valence-corrected chi connectivity index (χ0v) is 10.4. The lowest BCUT2D eigenvalue weighted by molar-refractivity contribution is 0.303. The van der Waals surface area contributed by atoms with Gasteiger partial charge in [0.05, 0.1) is 7.11 Å². The van der Waals surface area contributed by atoms with Crippen molar-refractivity contribution in [1.29, 1.82) is 0 Å². The van der Waals surface area contributed by atoms with Crippen LogP contribution in [-0.4, -0.2) is 7.11 Å². The molecule has 2 N–H and O–H groups in total. The van der Waals surface area contributed by atoms with Crippen LogP contribution in [0.1, 0.15) is 11.1 Å². The fourth-order valence-corrected chi connectivity index (χ4v) is 1.70. The molecule has 2 aromatic carbocycles. The van der Waals surface area contributed by atoms with Crippen molar-refractivity contribution in [2.45, 2.75) is 13.2 Å². The Kier molecular flexibility index (Phi) is 4.20. The van der Waals surface area contributed by atoms with Gasteiger partial charge in [0.15, 0.2) is 0 Å². The fraction of sp³-hybridized carbons (Fsp3) is 0.200. The zero-order valence-electron chi connectivity index (χ0n) is 10.4. The monoisotopic (exact) mass is 243 g/mol. The summed E-state index contributed by atoms with van der Waals surface area (Å²) >= 11 is 0. The Balaban J connectivity index is 2.01. The minimum absolute atomic E-state index is 0.529. The van der Waals surface area contributed by atoms with E-state index >= 15 is 0 Å². The van der Waals surface area contributed by atoms with Crippen molar-refractivity contribution in [2.24, 2.45) is 5.73 Å². The van der Waals surface area contributed by atoms with Gasteiger partial charge in [0, 0.05) is 12.6 Å². The van der Waals surface area contributed by atoms with Gasteiger partial charge in [-0.1, -0.05) is 30.3 Å². The Morgan fingerprint density at radius 2 is 1.67 bits per heavy atom. The second kappa shape index (κ2) is 6.07.